The van der Waals surface area contributed by atoms with Crippen molar-refractivity contribution in [2.75, 3.05) is 0 Å². The molecule has 4 N–H and O–H groups in total. The zero-order chi connectivity index (χ0) is 96.1. The van der Waals surface area contributed by atoms with Crippen LogP contribution < -0.4 is 0 Å². The van der Waals surface area contributed by atoms with Crippen LogP contribution in [0, 0.1) is 0 Å². The van der Waals surface area contributed by atoms with E-state index in [1.54, 1.807) is 12.1 Å². The number of fused-ring (bicyclic) bond motifs is 9. The van der Waals surface area contributed by atoms with Crippen molar-refractivity contribution < 1.29 is 20.4 Å². The Morgan fingerprint density at radius 1 is 0.156 bits per heavy atom. The summed E-state index contributed by atoms with van der Waals surface area (Å²) in [6.45, 7) is 0. The lowest BCUT2D eigenvalue weighted by molar-refractivity contribution is 0.450. The Morgan fingerprint density at radius 2 is 0.362 bits per heavy atom. The van der Waals surface area contributed by atoms with Crippen LogP contribution in [0.2, 0.25) is 15.9 Å². The van der Waals surface area contributed by atoms with Gasteiger partial charge in [0.25, 0.3) is 0 Å². The average molecular weight is 2030 g/mol. The Kier molecular flexibility index (Phi) is 24.3. The number of halogens is 9. The highest BCUT2D eigenvalue weighted by Gasteiger charge is 2.29. The van der Waals surface area contributed by atoms with E-state index in [4.69, 9.17) is 125 Å². The Morgan fingerprint density at radius 3 is 0.681 bits per heavy atom. The molecule has 26 aromatic rings. The predicted molar refractivity (Wildman–Crippen MR) is 590 cm³/mol. The first-order valence-corrected chi connectivity index (χ1v) is 56.4. The first-order chi connectivity index (χ1) is 68.8. The zero-order valence-electron chi connectivity index (χ0n) is 73.7. The molecule has 0 saturated carbocycles. The molecule has 23 aromatic carbocycles. The van der Waals surface area contributed by atoms with Crippen LogP contribution in [-0.2, 0) is 0 Å². The monoisotopic (exact) mass is 2030 g/mol. The smallest absolute Gasteiger partial charge is 0.508 e. The van der Waals surface area contributed by atoms with Gasteiger partial charge in [-0.25, -0.2) is 80.2 Å². The van der Waals surface area contributed by atoms with Gasteiger partial charge in [0.05, 0.1) is 5.56 Å². The molecule has 24 heteroatoms. The second-order valence-electron chi connectivity index (χ2n) is 34.0. The highest BCUT2D eigenvalue weighted by atomic mass is 35.8. The number of benzene rings is 23. The van der Waals surface area contributed by atoms with E-state index in [9.17, 15) is 10.2 Å². The van der Waals surface area contributed by atoms with Gasteiger partial charge in [-0.3, -0.25) is 0 Å². The minimum atomic E-state index is -1.72. The molecule has 3 heterocycles. The fraction of sp³-hybridized carbons (Fsp3) is 0. The molecular weight excluding hydrogens is 1970 g/mol. The van der Waals surface area contributed by atoms with Gasteiger partial charge in [0.15, 0.2) is 34.9 Å². The van der Waals surface area contributed by atoms with Gasteiger partial charge < -0.3 is 20.4 Å². The number of rotatable bonds is 6. The molecular formula is C117H66Al2Cl9N9O4. The summed E-state index contributed by atoms with van der Waals surface area (Å²) in [6.07, 6.45) is 0. The zero-order valence-corrected chi connectivity index (χ0v) is 82.8. The summed E-state index contributed by atoms with van der Waals surface area (Å²) in [5.74, 6) is 3.03. The van der Waals surface area contributed by atoms with Crippen molar-refractivity contribution in [3.8, 4) is 158 Å². The van der Waals surface area contributed by atoms with Crippen LogP contribution in [0.5, 0.6) is 23.0 Å². The fourth-order valence-corrected chi connectivity index (χ4v) is 21.0. The Labute approximate surface area is 854 Å². The van der Waals surface area contributed by atoms with Crippen LogP contribution in [-0.4, -0.2) is 88.1 Å². The van der Waals surface area contributed by atoms with E-state index in [2.05, 4.69) is 353 Å². The maximum atomic E-state index is 10.9. The molecule has 3 aromatic heterocycles. The van der Waals surface area contributed by atoms with Gasteiger partial charge in [-0.2, -0.15) is 24.9 Å². The van der Waals surface area contributed by atoms with Crippen molar-refractivity contribution in [1.29, 1.82) is 0 Å². The molecule has 0 spiro atoms. The number of hydrogen-bond donors (Lipinski definition) is 4. The summed E-state index contributed by atoms with van der Waals surface area (Å²) in [4.78, 5) is 41.7. The lowest BCUT2D eigenvalue weighted by Crippen LogP contribution is -2.01. The van der Waals surface area contributed by atoms with Crippen molar-refractivity contribution in [3.63, 3.8) is 0 Å². The fourth-order valence-electron chi connectivity index (χ4n) is 20.5. The van der Waals surface area contributed by atoms with E-state index < -0.39 is 22.8 Å². The number of aromatic hydroxyl groups is 4. The topological polar surface area (TPSA) is 197 Å². The summed E-state index contributed by atoms with van der Waals surface area (Å²) in [6, 6.07) is 128. The molecule has 0 aliphatic heterocycles. The number of phenolic OH excluding ortho intramolecular Hbond substituents is 4. The van der Waals surface area contributed by atoms with Gasteiger partial charge in [0.1, 0.15) is 23.0 Å². The van der Waals surface area contributed by atoms with Gasteiger partial charge in [0, 0.05) is 39.9 Å². The largest absolute Gasteiger partial charge is 0.643 e. The van der Waals surface area contributed by atoms with Crippen molar-refractivity contribution in [2.24, 2.45) is 0 Å². The van der Waals surface area contributed by atoms with Crippen LogP contribution >= 0.6 is 95.1 Å². The van der Waals surface area contributed by atoms with Gasteiger partial charge in [0.2, 0.25) is 15.9 Å². The summed E-state index contributed by atoms with van der Waals surface area (Å²) in [7, 11) is 29.7. The van der Waals surface area contributed by atoms with E-state index in [1.807, 2.05) is 6.07 Å². The highest BCUT2D eigenvalue weighted by Crippen LogP contribution is 2.54. The molecule has 0 radical (unpaired) electrons. The van der Waals surface area contributed by atoms with Gasteiger partial charge >= 0.3 is 22.8 Å². The van der Waals surface area contributed by atoms with Crippen LogP contribution in [0.15, 0.2) is 376 Å². The third-order valence-corrected chi connectivity index (χ3v) is 26.7. The molecule has 29 rings (SSSR count). The number of aromatic nitrogens is 9. The highest BCUT2D eigenvalue weighted by molar-refractivity contribution is 7.54. The number of hydrogen-bond acceptors (Lipinski definition) is 13. The van der Waals surface area contributed by atoms with Gasteiger partial charge in [-0.05, 0) is 285 Å². The predicted octanol–water partition coefficient (Wildman–Crippen LogP) is 34.2. The number of nitrogens with zero attached hydrogens (tertiary/aromatic N) is 9. The third kappa shape index (κ3) is 16.8. The molecule has 0 saturated heterocycles. The van der Waals surface area contributed by atoms with E-state index in [1.165, 1.54) is 194 Å². The lowest BCUT2D eigenvalue weighted by Gasteiger charge is -2.15. The first-order valence-electron chi connectivity index (χ1n) is 44.8. The van der Waals surface area contributed by atoms with Crippen LogP contribution in [0.3, 0.4) is 0 Å². The summed E-state index contributed by atoms with van der Waals surface area (Å²) in [5.41, 5.74) is 20.3. The Bertz CT molecular complexity index is 9330. The molecule has 0 atom stereocenters. The molecule has 141 heavy (non-hydrogen) atoms. The van der Waals surface area contributed by atoms with Crippen LogP contribution in [0.4, 0.5) is 0 Å². The van der Waals surface area contributed by atoms with Crippen molar-refractivity contribution >= 4 is 247 Å². The maximum Gasteiger partial charge on any atom is 0.643 e. The van der Waals surface area contributed by atoms with E-state index >= 15 is 0 Å². The number of phenols is 4. The maximum absolute atomic E-state index is 10.9. The van der Waals surface area contributed by atoms with Crippen molar-refractivity contribution in [2.45, 2.75) is 0 Å². The molecule has 3 aliphatic carbocycles. The minimum absolute atomic E-state index is 0.0328. The van der Waals surface area contributed by atoms with Gasteiger partial charge in [-0.15, -0.1) is 0 Å². The second kappa shape index (κ2) is 37.8. The quantitative estimate of drug-likeness (QED) is 0.0907. The van der Waals surface area contributed by atoms with E-state index in [-0.39, 0.29) is 38.8 Å². The summed E-state index contributed by atoms with van der Waals surface area (Å²) in [5, 5.41) is 67.4. The molecule has 0 unspecified atom stereocenters. The first kappa shape index (κ1) is 90.7. The molecule has 13 nitrogen and oxygen atoms in total. The third-order valence-electron chi connectivity index (χ3n) is 26.2. The molecule has 3 aliphatic rings. The summed E-state index contributed by atoms with van der Waals surface area (Å²) >= 11 is 15.1. The van der Waals surface area contributed by atoms with Crippen molar-refractivity contribution in [3.05, 3.63) is 392 Å². The standard InChI is InChI=1S/C41H23N3O2.C35H18ClN3.C19H9Cl2N3.C16H10.C6H6O2.2Al.6ClH/c45-25-15-18-34(35(46)21-25)41-43-39(32-17-14-24-12-11-22-5-3-6-23-13-16-31(32)37(24)36(22)23)42-40(44-41)33-20-19-30-27-8-2-1-7-26(27)28-9-4-10-29(33)38(28)30;36-35-38-33(28-16-14-21-12-11-19-5-3-6-20-13-15-27(28)31(21)30(19)20)37-34(39-35)29-18-17-26-23-8-2-1-7-22(23)24-9-4-10-25(29)32(24)26;20-18-22-17(23-19(21)24-18)14-9-7-12-5-4-10-2-1-3-11-6-8-13(14)16(12)15(10)11;1-2-8-13-12(7-1)14-9-3-5-11-6-4-10-15(13)16(11)14;7-5-2-1-3-6(8)4-5;;;;;;;;/h1-21,45-46H;1-18H;1-9H;1-10H;1-4,7-8H;;;6*1H/q;;;;;2*+3;;;;;;/p-6. The van der Waals surface area contributed by atoms with Crippen molar-refractivity contribution in [1.82, 2.24) is 44.9 Å². The molecule has 672 valence electrons. The lowest BCUT2D eigenvalue weighted by atomic mass is 9.92. The van der Waals surface area contributed by atoms with E-state index in [0.29, 0.717) is 40.5 Å². The Balaban J connectivity index is 0.000000104. The van der Waals surface area contributed by atoms with E-state index in [0.717, 1.165) is 60.1 Å². The second-order valence-corrected chi connectivity index (χ2v) is 47.9. The molecule has 0 fully saturated rings. The van der Waals surface area contributed by atoms with Crippen LogP contribution in [0.1, 0.15) is 0 Å². The Hall–Kier alpha value is -14.1. The SMILES string of the molecule is Clc1nc(-c2ccc3c4c(cccc24)-c2ccccc2-3)nc(-c2ccc3ccc4cccc5ccc2c3c45)n1.Clc1nc(Cl)nc(-c2ccc3ccc4cccc5ccc2c3c45)n1.Oc1ccc(-c2nc(-c3ccc4c5c(cccc35)-c3ccccc3-4)nc(-c3ccc4ccc5cccc6ccc3c4c56)n2)c(O)c1.Oc1cccc(O)c1.[Cl][Al]([Cl])[Cl].[Cl][Al]([Cl])[Cl].c1ccc2c(c1)-c1cccc3cccc-2c13. The molecule has 0 bridgehead atoms. The minimum Gasteiger partial charge on any atom is -0.508 e. The summed E-state index contributed by atoms with van der Waals surface area (Å²) < 4.78 is 0. The molecule has 0 amide bonds. The van der Waals surface area contributed by atoms with Crippen LogP contribution in [0.25, 0.3) is 264 Å². The van der Waals surface area contributed by atoms with Gasteiger partial charge in [-0.1, -0.05) is 309 Å². The average Bonchev–Trinajstić information content (AvgIpc) is 1.22. The normalized spacial score (nSPS) is 11.6.